The molecule has 1 aliphatic heterocycles. The number of likely N-dealkylation sites (tertiary alicyclic amines) is 1. The third kappa shape index (κ3) is 7.58. The second-order valence-electron chi connectivity index (χ2n) is 6.93. The largest absolute Gasteiger partial charge is 0.481 e. The number of amides is 1. The lowest BCUT2D eigenvalue weighted by molar-refractivity contribution is -0.137. The molecule has 0 aromatic heterocycles. The standard InChI is InChI=1S/C23H29NO4/c1-28-21(18-19-10-5-4-6-11-19)16-15-20-12-9-13-22(25)24(20)17-8-3-2-7-14-23(26)27/h4-6,10-11,15-16,20-21H,2,7,9,12-14,17-18H2,1H3,(H,26,27)/b16-15+/t20-,21?/m1/s1. The summed E-state index contributed by atoms with van der Waals surface area (Å²) in [5.41, 5.74) is 1.21. The smallest absolute Gasteiger partial charge is 0.303 e. The Kier molecular flexibility index (Phi) is 9.30. The van der Waals surface area contributed by atoms with Gasteiger partial charge in [-0.2, -0.15) is 0 Å². The van der Waals surface area contributed by atoms with Crippen LogP contribution in [0.25, 0.3) is 0 Å². The third-order valence-electron chi connectivity index (χ3n) is 4.81. The predicted molar refractivity (Wildman–Crippen MR) is 109 cm³/mol. The van der Waals surface area contributed by atoms with Crippen molar-refractivity contribution in [3.05, 3.63) is 48.0 Å². The van der Waals surface area contributed by atoms with Crippen LogP contribution in [0.2, 0.25) is 0 Å². The van der Waals surface area contributed by atoms with Gasteiger partial charge in [-0.25, -0.2) is 0 Å². The third-order valence-corrected chi connectivity index (χ3v) is 4.81. The molecule has 5 heteroatoms. The van der Waals surface area contributed by atoms with Gasteiger partial charge in [0.2, 0.25) is 5.91 Å². The first-order valence-electron chi connectivity index (χ1n) is 9.82. The number of piperidine rings is 1. The fourth-order valence-corrected chi connectivity index (χ4v) is 3.24. The lowest BCUT2D eigenvalue weighted by Crippen LogP contribution is -2.42. The highest BCUT2D eigenvalue weighted by Gasteiger charge is 2.25. The lowest BCUT2D eigenvalue weighted by Gasteiger charge is -2.32. The van der Waals surface area contributed by atoms with Crippen LogP contribution in [0.15, 0.2) is 42.5 Å². The quantitative estimate of drug-likeness (QED) is 0.403. The number of carboxylic acids is 1. The van der Waals surface area contributed by atoms with Gasteiger partial charge in [0.05, 0.1) is 18.7 Å². The molecule has 5 nitrogen and oxygen atoms in total. The first-order valence-corrected chi connectivity index (χ1v) is 9.82. The van der Waals surface area contributed by atoms with Crippen LogP contribution in [0.5, 0.6) is 0 Å². The number of hydrogen-bond donors (Lipinski definition) is 1. The summed E-state index contributed by atoms with van der Waals surface area (Å²) in [6, 6.07) is 10.2. The van der Waals surface area contributed by atoms with Gasteiger partial charge < -0.3 is 14.7 Å². The Morgan fingerprint density at radius 1 is 1.36 bits per heavy atom. The molecule has 1 unspecified atom stereocenters. The summed E-state index contributed by atoms with van der Waals surface area (Å²) in [5.74, 6) is 5.33. The van der Waals surface area contributed by atoms with Gasteiger partial charge >= 0.3 is 5.97 Å². The molecule has 1 fully saturated rings. The zero-order chi connectivity index (χ0) is 20.2. The Hall–Kier alpha value is -2.58. The van der Waals surface area contributed by atoms with E-state index in [1.807, 2.05) is 29.2 Å². The van der Waals surface area contributed by atoms with Crippen molar-refractivity contribution >= 4 is 11.9 Å². The first kappa shape index (κ1) is 21.7. The molecule has 2 rings (SSSR count). The molecule has 0 bridgehead atoms. The van der Waals surface area contributed by atoms with Gasteiger partial charge in [-0.15, -0.1) is 5.92 Å². The van der Waals surface area contributed by atoms with Gasteiger partial charge in [-0.05, 0) is 24.8 Å². The van der Waals surface area contributed by atoms with E-state index in [2.05, 4.69) is 30.0 Å². The Labute approximate surface area is 167 Å². The number of carbonyl (C=O) groups is 2. The highest BCUT2D eigenvalue weighted by molar-refractivity contribution is 5.78. The molecular formula is C23H29NO4. The molecule has 28 heavy (non-hydrogen) atoms. The van der Waals surface area contributed by atoms with Crippen LogP contribution in [-0.4, -0.2) is 47.7 Å². The van der Waals surface area contributed by atoms with E-state index in [9.17, 15) is 9.59 Å². The maximum Gasteiger partial charge on any atom is 0.303 e. The van der Waals surface area contributed by atoms with Crippen molar-refractivity contribution in [1.82, 2.24) is 4.90 Å². The Balaban J connectivity index is 1.92. The number of nitrogens with zero attached hydrogens (tertiary/aromatic N) is 1. The Morgan fingerprint density at radius 2 is 2.14 bits per heavy atom. The molecule has 0 saturated carbocycles. The molecule has 1 aromatic rings. The number of carboxylic acid groups (broad SMARTS) is 1. The summed E-state index contributed by atoms with van der Waals surface area (Å²) in [7, 11) is 1.70. The normalized spacial score (nSPS) is 18.0. The molecule has 1 saturated heterocycles. The number of ether oxygens (including phenoxy) is 1. The maximum absolute atomic E-state index is 12.3. The van der Waals surface area contributed by atoms with Gasteiger partial charge in [0, 0.05) is 32.8 Å². The number of hydrogen-bond acceptors (Lipinski definition) is 3. The molecule has 1 aliphatic rings. The molecule has 1 amide bonds. The van der Waals surface area contributed by atoms with E-state index in [1.54, 1.807) is 7.11 Å². The number of benzene rings is 1. The minimum absolute atomic E-state index is 0.0305. The summed E-state index contributed by atoms with van der Waals surface area (Å²) in [6.07, 6.45) is 8.43. The summed E-state index contributed by atoms with van der Waals surface area (Å²) in [4.78, 5) is 24.7. The van der Waals surface area contributed by atoms with Crippen LogP contribution in [0.3, 0.4) is 0 Å². The lowest BCUT2D eigenvalue weighted by atomic mass is 9.99. The average Bonchev–Trinajstić information content (AvgIpc) is 2.69. The second kappa shape index (κ2) is 12.0. The molecule has 1 heterocycles. The number of methoxy groups -OCH3 is 1. The highest BCUT2D eigenvalue weighted by Crippen LogP contribution is 2.19. The van der Waals surface area contributed by atoms with Crippen LogP contribution in [0, 0.1) is 11.8 Å². The Morgan fingerprint density at radius 3 is 2.86 bits per heavy atom. The van der Waals surface area contributed by atoms with Crippen LogP contribution in [-0.2, 0) is 20.7 Å². The van der Waals surface area contributed by atoms with E-state index in [0.29, 0.717) is 25.8 Å². The van der Waals surface area contributed by atoms with E-state index in [0.717, 1.165) is 19.3 Å². The van der Waals surface area contributed by atoms with Crippen LogP contribution in [0.1, 0.15) is 44.1 Å². The zero-order valence-corrected chi connectivity index (χ0v) is 16.5. The minimum atomic E-state index is -0.804. The molecule has 1 N–H and O–H groups in total. The topological polar surface area (TPSA) is 66.8 Å². The summed E-state index contributed by atoms with van der Waals surface area (Å²) < 4.78 is 5.59. The van der Waals surface area contributed by atoms with Gasteiger partial charge in [-0.3, -0.25) is 9.59 Å². The second-order valence-corrected chi connectivity index (χ2v) is 6.93. The fourth-order valence-electron chi connectivity index (χ4n) is 3.24. The van der Waals surface area contributed by atoms with Gasteiger partial charge in [0.15, 0.2) is 0 Å². The van der Waals surface area contributed by atoms with Crippen molar-refractivity contribution in [3.63, 3.8) is 0 Å². The van der Waals surface area contributed by atoms with Crippen molar-refractivity contribution < 1.29 is 19.4 Å². The number of aliphatic carboxylic acids is 1. The summed E-state index contributed by atoms with van der Waals surface area (Å²) >= 11 is 0. The zero-order valence-electron chi connectivity index (χ0n) is 16.5. The summed E-state index contributed by atoms with van der Waals surface area (Å²) in [5, 5.41) is 8.64. The van der Waals surface area contributed by atoms with Crippen LogP contribution >= 0.6 is 0 Å². The first-order chi connectivity index (χ1) is 13.6. The SMILES string of the molecule is COC(/C=C/[C@H]1CCCC(=O)N1CC#CCCCC(=O)O)Cc1ccccc1. The minimum Gasteiger partial charge on any atom is -0.481 e. The van der Waals surface area contributed by atoms with Crippen molar-refractivity contribution in [1.29, 1.82) is 0 Å². The fraction of sp³-hybridized carbons (Fsp3) is 0.478. The van der Waals surface area contributed by atoms with Gasteiger partial charge in [0.1, 0.15) is 0 Å². The predicted octanol–water partition coefficient (Wildman–Crippen LogP) is 3.44. The van der Waals surface area contributed by atoms with Crippen molar-refractivity contribution in [3.8, 4) is 11.8 Å². The molecular weight excluding hydrogens is 354 g/mol. The number of carbonyl (C=O) groups excluding carboxylic acids is 1. The summed E-state index contributed by atoms with van der Waals surface area (Å²) in [6.45, 7) is 0.386. The van der Waals surface area contributed by atoms with Crippen molar-refractivity contribution in [2.45, 2.75) is 57.1 Å². The van der Waals surface area contributed by atoms with E-state index < -0.39 is 5.97 Å². The van der Waals surface area contributed by atoms with E-state index >= 15 is 0 Å². The highest BCUT2D eigenvalue weighted by atomic mass is 16.5. The van der Waals surface area contributed by atoms with E-state index in [-0.39, 0.29) is 24.5 Å². The van der Waals surface area contributed by atoms with Crippen molar-refractivity contribution in [2.24, 2.45) is 0 Å². The molecule has 1 aromatic carbocycles. The van der Waals surface area contributed by atoms with Crippen LogP contribution < -0.4 is 0 Å². The average molecular weight is 383 g/mol. The van der Waals surface area contributed by atoms with Gasteiger partial charge in [-0.1, -0.05) is 48.4 Å². The van der Waals surface area contributed by atoms with Crippen LogP contribution in [0.4, 0.5) is 0 Å². The van der Waals surface area contributed by atoms with E-state index in [1.165, 1.54) is 5.56 Å². The Bertz CT molecular complexity index is 717. The van der Waals surface area contributed by atoms with Crippen molar-refractivity contribution in [2.75, 3.05) is 13.7 Å². The molecule has 150 valence electrons. The monoisotopic (exact) mass is 383 g/mol. The molecule has 0 aliphatic carbocycles. The number of rotatable bonds is 9. The molecule has 0 radical (unpaired) electrons. The van der Waals surface area contributed by atoms with Gasteiger partial charge in [0.25, 0.3) is 0 Å². The van der Waals surface area contributed by atoms with E-state index in [4.69, 9.17) is 9.84 Å². The molecule has 2 atom stereocenters. The number of unbranched alkanes of at least 4 members (excludes halogenated alkanes) is 1. The molecule has 0 spiro atoms. The maximum atomic E-state index is 12.3.